The minimum atomic E-state index is 0.288. The van der Waals surface area contributed by atoms with Crippen LogP contribution in [0.5, 0.6) is 5.06 Å². The fourth-order valence-electron chi connectivity index (χ4n) is 1.28. The molecule has 0 saturated carbocycles. The van der Waals surface area contributed by atoms with E-state index in [1.165, 1.54) is 11.3 Å². The van der Waals surface area contributed by atoms with Crippen molar-refractivity contribution < 1.29 is 5.11 Å². The van der Waals surface area contributed by atoms with Gasteiger partial charge in [0.2, 0.25) is 0 Å². The first kappa shape index (κ1) is 8.66. The molecule has 0 aliphatic heterocycles. The molecule has 2 aromatic rings. The molecule has 0 spiro atoms. The van der Waals surface area contributed by atoms with Crippen LogP contribution in [0.15, 0.2) is 18.2 Å². The fraction of sp³-hybridized carbons (Fsp3) is 0.111. The monoisotopic (exact) mass is 213 g/mol. The maximum Gasteiger partial charge on any atom is 0.176 e. The van der Waals surface area contributed by atoms with Gasteiger partial charge in [0.1, 0.15) is 0 Å². The molecule has 0 aliphatic carbocycles. The number of hydrogen-bond donors (Lipinski definition) is 2. The van der Waals surface area contributed by atoms with Crippen molar-refractivity contribution in [3.8, 4) is 5.06 Å². The van der Waals surface area contributed by atoms with E-state index >= 15 is 0 Å². The first-order chi connectivity index (χ1) is 6.22. The Hall–Kier alpha value is -0.930. The number of halogens is 1. The summed E-state index contributed by atoms with van der Waals surface area (Å²) in [5.74, 6) is 0.329. The molecule has 0 unspecified atom stereocenters. The summed E-state index contributed by atoms with van der Waals surface area (Å²) in [4.78, 5) is 0. The van der Waals surface area contributed by atoms with Crippen LogP contribution in [0.25, 0.3) is 10.1 Å². The van der Waals surface area contributed by atoms with Crippen LogP contribution < -0.4 is 5.73 Å². The van der Waals surface area contributed by atoms with Crippen LogP contribution in [0.3, 0.4) is 0 Å². The summed E-state index contributed by atoms with van der Waals surface area (Å²) in [6, 6.07) is 5.54. The van der Waals surface area contributed by atoms with Crippen molar-refractivity contribution in [3.63, 3.8) is 0 Å². The van der Waals surface area contributed by atoms with Gasteiger partial charge in [-0.2, -0.15) is 0 Å². The van der Waals surface area contributed by atoms with Gasteiger partial charge in [-0.3, -0.25) is 0 Å². The summed E-state index contributed by atoms with van der Waals surface area (Å²) in [6.07, 6.45) is 0. The third-order valence-electron chi connectivity index (χ3n) is 1.93. The lowest BCUT2D eigenvalue weighted by Gasteiger charge is -1.94. The number of aromatic hydroxyl groups is 1. The zero-order valence-electron chi connectivity index (χ0n) is 6.75. The summed E-state index contributed by atoms with van der Waals surface area (Å²) < 4.78 is 0.980. The van der Waals surface area contributed by atoms with Gasteiger partial charge in [0.05, 0.1) is 5.88 Å². The second-order valence-electron chi connectivity index (χ2n) is 2.77. The van der Waals surface area contributed by atoms with Crippen LogP contribution in [0.1, 0.15) is 5.56 Å². The first-order valence-corrected chi connectivity index (χ1v) is 5.13. The topological polar surface area (TPSA) is 46.2 Å². The molecule has 0 amide bonds. The summed E-state index contributed by atoms with van der Waals surface area (Å²) in [7, 11) is 0. The second-order valence-corrected chi connectivity index (χ2v) is 4.07. The van der Waals surface area contributed by atoms with E-state index in [9.17, 15) is 5.11 Å². The second kappa shape index (κ2) is 3.09. The molecule has 13 heavy (non-hydrogen) atoms. The van der Waals surface area contributed by atoms with E-state index in [1.807, 2.05) is 18.2 Å². The van der Waals surface area contributed by atoms with Crippen LogP contribution in [-0.2, 0) is 5.88 Å². The zero-order valence-corrected chi connectivity index (χ0v) is 8.32. The van der Waals surface area contributed by atoms with Crippen LogP contribution in [0.2, 0.25) is 0 Å². The van der Waals surface area contributed by atoms with E-state index in [0.717, 1.165) is 15.6 Å². The van der Waals surface area contributed by atoms with Gasteiger partial charge in [-0.05, 0) is 12.1 Å². The molecular weight excluding hydrogens is 206 g/mol. The highest BCUT2D eigenvalue weighted by Crippen LogP contribution is 2.38. The third kappa shape index (κ3) is 1.34. The molecule has 0 aliphatic rings. The van der Waals surface area contributed by atoms with Gasteiger partial charge in [-0.1, -0.05) is 17.4 Å². The fourth-order valence-corrected chi connectivity index (χ4v) is 2.64. The molecule has 3 N–H and O–H groups in total. The highest BCUT2D eigenvalue weighted by Gasteiger charge is 2.09. The van der Waals surface area contributed by atoms with E-state index in [0.29, 0.717) is 11.6 Å². The number of fused-ring (bicyclic) bond motifs is 1. The van der Waals surface area contributed by atoms with Crippen molar-refractivity contribution in [3.05, 3.63) is 23.8 Å². The Morgan fingerprint density at radius 2 is 2.23 bits per heavy atom. The maximum absolute atomic E-state index is 9.52. The predicted molar refractivity (Wildman–Crippen MR) is 57.5 cm³/mol. The Kier molecular flexibility index (Phi) is 2.06. The molecule has 4 heteroatoms. The Labute approximate surface area is 84.6 Å². The number of nitrogen functional groups attached to an aromatic ring is 1. The molecule has 0 atom stereocenters. The molecule has 1 aromatic heterocycles. The first-order valence-electron chi connectivity index (χ1n) is 3.78. The molecule has 0 fully saturated rings. The van der Waals surface area contributed by atoms with Gasteiger partial charge in [0.15, 0.2) is 5.06 Å². The lowest BCUT2D eigenvalue weighted by atomic mass is 10.2. The largest absolute Gasteiger partial charge is 0.499 e. The van der Waals surface area contributed by atoms with Gasteiger partial charge in [-0.25, -0.2) is 0 Å². The number of thiophene rings is 1. The summed E-state index contributed by atoms with van der Waals surface area (Å²) in [5, 5.41) is 10.8. The van der Waals surface area contributed by atoms with E-state index < -0.39 is 0 Å². The number of anilines is 1. The average molecular weight is 214 g/mol. The van der Waals surface area contributed by atoms with Gasteiger partial charge in [0.25, 0.3) is 0 Å². The number of hydrogen-bond acceptors (Lipinski definition) is 3. The third-order valence-corrected chi connectivity index (χ3v) is 3.19. The van der Waals surface area contributed by atoms with Crippen molar-refractivity contribution in [1.82, 2.24) is 0 Å². The summed E-state index contributed by atoms with van der Waals surface area (Å²) in [6.45, 7) is 0. The SMILES string of the molecule is Nc1ccc2c(CCl)c(O)sc2c1. The van der Waals surface area contributed by atoms with E-state index in [2.05, 4.69) is 0 Å². The lowest BCUT2D eigenvalue weighted by molar-refractivity contribution is 0.487. The smallest absolute Gasteiger partial charge is 0.176 e. The lowest BCUT2D eigenvalue weighted by Crippen LogP contribution is -1.82. The normalized spacial score (nSPS) is 10.8. The Balaban J connectivity index is 2.79. The van der Waals surface area contributed by atoms with Crippen molar-refractivity contribution in [2.75, 3.05) is 5.73 Å². The average Bonchev–Trinajstić information content (AvgIpc) is 2.39. The molecule has 2 nitrogen and oxygen atoms in total. The Morgan fingerprint density at radius 3 is 2.92 bits per heavy atom. The van der Waals surface area contributed by atoms with Gasteiger partial charge in [-0.15, -0.1) is 11.6 Å². The standard InChI is InChI=1S/C9H8ClNOS/c10-4-7-6-2-1-5(11)3-8(6)13-9(7)12/h1-3,12H,4,11H2. The molecule has 1 aromatic carbocycles. The molecule has 1 heterocycles. The molecular formula is C9H8ClNOS. The van der Waals surface area contributed by atoms with Gasteiger partial charge < -0.3 is 10.8 Å². The summed E-state index contributed by atoms with van der Waals surface area (Å²) in [5.41, 5.74) is 7.11. The molecule has 2 rings (SSSR count). The molecule has 68 valence electrons. The quantitative estimate of drug-likeness (QED) is 0.565. The zero-order chi connectivity index (χ0) is 9.42. The van der Waals surface area contributed by atoms with E-state index in [1.54, 1.807) is 0 Å². The van der Waals surface area contributed by atoms with Gasteiger partial charge >= 0.3 is 0 Å². The Bertz CT molecular complexity index is 452. The van der Waals surface area contributed by atoms with Crippen molar-refractivity contribution in [2.45, 2.75) is 5.88 Å². The van der Waals surface area contributed by atoms with Crippen LogP contribution in [-0.4, -0.2) is 5.11 Å². The predicted octanol–water partition coefficient (Wildman–Crippen LogP) is 2.93. The number of nitrogens with two attached hydrogens (primary N) is 1. The number of rotatable bonds is 1. The van der Waals surface area contributed by atoms with Gasteiger partial charge in [0, 0.05) is 21.3 Å². The molecule has 0 saturated heterocycles. The number of benzene rings is 1. The highest BCUT2D eigenvalue weighted by molar-refractivity contribution is 7.21. The minimum Gasteiger partial charge on any atom is -0.499 e. The Morgan fingerprint density at radius 1 is 1.46 bits per heavy atom. The van der Waals surface area contributed by atoms with Crippen LogP contribution in [0, 0.1) is 0 Å². The van der Waals surface area contributed by atoms with Crippen molar-refractivity contribution in [2.24, 2.45) is 0 Å². The minimum absolute atomic E-state index is 0.288. The van der Waals surface area contributed by atoms with Crippen LogP contribution in [0.4, 0.5) is 5.69 Å². The maximum atomic E-state index is 9.52. The van der Waals surface area contributed by atoms with E-state index in [4.69, 9.17) is 17.3 Å². The van der Waals surface area contributed by atoms with Crippen molar-refractivity contribution >= 4 is 38.7 Å². The van der Waals surface area contributed by atoms with Crippen molar-refractivity contribution in [1.29, 1.82) is 0 Å². The highest BCUT2D eigenvalue weighted by atomic mass is 35.5. The van der Waals surface area contributed by atoms with Crippen LogP contribution >= 0.6 is 22.9 Å². The molecule has 0 radical (unpaired) electrons. The number of alkyl halides is 1. The summed E-state index contributed by atoms with van der Waals surface area (Å²) >= 11 is 7.02. The molecule has 0 bridgehead atoms. The van der Waals surface area contributed by atoms with E-state index in [-0.39, 0.29) is 5.06 Å².